The minimum absolute atomic E-state index is 0.0333. The fourth-order valence-corrected chi connectivity index (χ4v) is 3.70. The first kappa shape index (κ1) is 22.0. The fraction of sp³-hybridized carbons (Fsp3) is 0.143. The standard InChI is InChI=1S/C21H20N8O3S/c1-13-3-9-16(10-4-13)33-12-17-18(24-28-29(17)20-19(22)26-32-27-20)21(30)25-23-11-14-5-7-15(31-2)8-6-14/h3-11H,12H2,1-2H3,(H2,22,26)(H,25,30)/b23-11-. The van der Waals surface area contributed by atoms with Crippen molar-refractivity contribution in [3.05, 3.63) is 71.0 Å². The van der Waals surface area contributed by atoms with Gasteiger partial charge in [-0.15, -0.1) is 16.9 Å². The molecule has 0 atom stereocenters. The third-order valence-electron chi connectivity index (χ3n) is 4.57. The Hall–Kier alpha value is -4.19. The molecule has 0 fully saturated rings. The number of aromatic nitrogens is 5. The fourth-order valence-electron chi connectivity index (χ4n) is 2.81. The Kier molecular flexibility index (Phi) is 6.64. The van der Waals surface area contributed by atoms with E-state index >= 15 is 0 Å². The van der Waals surface area contributed by atoms with Gasteiger partial charge in [-0.25, -0.2) is 10.1 Å². The molecule has 0 aliphatic carbocycles. The molecule has 11 nitrogen and oxygen atoms in total. The van der Waals surface area contributed by atoms with Crippen LogP contribution < -0.4 is 15.9 Å². The van der Waals surface area contributed by atoms with Crippen LogP contribution in [0.3, 0.4) is 0 Å². The van der Waals surface area contributed by atoms with E-state index in [1.165, 1.54) is 22.7 Å². The number of amides is 1. The number of aryl methyl sites for hydroxylation is 1. The Morgan fingerprint density at radius 2 is 1.97 bits per heavy atom. The molecule has 0 unspecified atom stereocenters. The highest BCUT2D eigenvalue weighted by Crippen LogP contribution is 2.26. The summed E-state index contributed by atoms with van der Waals surface area (Å²) in [6.07, 6.45) is 1.52. The lowest BCUT2D eigenvalue weighted by molar-refractivity contribution is 0.0949. The highest BCUT2D eigenvalue weighted by molar-refractivity contribution is 7.98. The number of benzene rings is 2. The largest absolute Gasteiger partial charge is 0.497 e. The summed E-state index contributed by atoms with van der Waals surface area (Å²) in [6, 6.07) is 15.2. The second kappa shape index (κ2) is 9.96. The maximum Gasteiger partial charge on any atom is 0.293 e. The third-order valence-corrected chi connectivity index (χ3v) is 5.59. The minimum atomic E-state index is -0.527. The zero-order chi connectivity index (χ0) is 23.2. The van der Waals surface area contributed by atoms with Crippen molar-refractivity contribution in [2.24, 2.45) is 5.10 Å². The Morgan fingerprint density at radius 3 is 2.64 bits per heavy atom. The monoisotopic (exact) mass is 464 g/mol. The molecule has 33 heavy (non-hydrogen) atoms. The van der Waals surface area contributed by atoms with Crippen molar-refractivity contribution in [3.63, 3.8) is 0 Å². The molecular formula is C21H20N8O3S. The van der Waals surface area contributed by atoms with Gasteiger partial charge in [-0.2, -0.15) is 9.78 Å². The first-order valence-corrected chi connectivity index (χ1v) is 10.7. The quantitative estimate of drug-likeness (QED) is 0.228. The Morgan fingerprint density at radius 1 is 1.21 bits per heavy atom. The molecule has 0 aliphatic rings. The number of anilines is 1. The average molecular weight is 465 g/mol. The molecule has 4 aromatic rings. The molecular weight excluding hydrogens is 444 g/mol. The van der Waals surface area contributed by atoms with Gasteiger partial charge < -0.3 is 10.5 Å². The lowest BCUT2D eigenvalue weighted by atomic mass is 10.2. The van der Waals surface area contributed by atoms with Crippen molar-refractivity contribution in [1.29, 1.82) is 0 Å². The van der Waals surface area contributed by atoms with E-state index in [1.54, 1.807) is 19.2 Å². The molecule has 1 amide bonds. The summed E-state index contributed by atoms with van der Waals surface area (Å²) in [4.78, 5) is 13.8. The number of nitrogens with one attached hydrogen (secondary N) is 1. The molecule has 0 saturated carbocycles. The van der Waals surface area contributed by atoms with Crippen LogP contribution in [0.15, 0.2) is 63.2 Å². The normalized spacial score (nSPS) is 11.1. The summed E-state index contributed by atoms with van der Waals surface area (Å²) in [5, 5.41) is 19.4. The van der Waals surface area contributed by atoms with Crippen LogP contribution >= 0.6 is 11.8 Å². The molecule has 2 aromatic carbocycles. The molecule has 12 heteroatoms. The summed E-state index contributed by atoms with van der Waals surface area (Å²) in [5.74, 6) is 0.757. The Balaban J connectivity index is 1.55. The smallest absolute Gasteiger partial charge is 0.293 e. The SMILES string of the molecule is COc1ccc(/C=N\NC(=O)c2nnn(-c3nonc3N)c2CSc2ccc(C)cc2)cc1. The van der Waals surface area contributed by atoms with Crippen LogP contribution in [-0.2, 0) is 5.75 Å². The number of carbonyl (C=O) groups is 1. The summed E-state index contributed by atoms with van der Waals surface area (Å²) >= 11 is 1.51. The lowest BCUT2D eigenvalue weighted by Gasteiger charge is -2.06. The van der Waals surface area contributed by atoms with Gasteiger partial charge in [-0.1, -0.05) is 22.9 Å². The number of nitrogen functional groups attached to an aromatic ring is 1. The molecule has 2 aromatic heterocycles. The minimum Gasteiger partial charge on any atom is -0.497 e. The topological polar surface area (TPSA) is 146 Å². The van der Waals surface area contributed by atoms with Crippen molar-refractivity contribution >= 4 is 29.7 Å². The van der Waals surface area contributed by atoms with Gasteiger partial charge in [0, 0.05) is 10.6 Å². The number of methoxy groups -OCH3 is 1. The van der Waals surface area contributed by atoms with E-state index in [0.29, 0.717) is 11.4 Å². The van der Waals surface area contributed by atoms with Crippen molar-refractivity contribution in [2.45, 2.75) is 17.6 Å². The summed E-state index contributed by atoms with van der Waals surface area (Å²) in [6.45, 7) is 2.02. The van der Waals surface area contributed by atoms with Crippen molar-refractivity contribution in [3.8, 4) is 11.6 Å². The van der Waals surface area contributed by atoms with E-state index < -0.39 is 5.91 Å². The number of rotatable bonds is 8. The number of hydrogen-bond acceptors (Lipinski definition) is 10. The van der Waals surface area contributed by atoms with Gasteiger partial charge in [-0.3, -0.25) is 4.79 Å². The number of carbonyl (C=O) groups excluding carboxylic acids is 1. The summed E-state index contributed by atoms with van der Waals surface area (Å²) in [7, 11) is 1.59. The predicted octanol–water partition coefficient (Wildman–Crippen LogP) is 2.61. The van der Waals surface area contributed by atoms with E-state index in [0.717, 1.165) is 21.8 Å². The van der Waals surface area contributed by atoms with E-state index in [2.05, 4.69) is 35.8 Å². The molecule has 0 saturated heterocycles. The second-order valence-corrected chi connectivity index (χ2v) is 7.89. The molecule has 0 spiro atoms. The molecule has 0 bridgehead atoms. The van der Waals surface area contributed by atoms with Crippen LogP contribution in [0.25, 0.3) is 5.82 Å². The van der Waals surface area contributed by atoms with Gasteiger partial charge in [0.1, 0.15) is 5.75 Å². The zero-order valence-corrected chi connectivity index (χ0v) is 18.6. The maximum absolute atomic E-state index is 12.8. The Bertz CT molecular complexity index is 1270. The van der Waals surface area contributed by atoms with E-state index in [-0.39, 0.29) is 17.3 Å². The summed E-state index contributed by atoms with van der Waals surface area (Å²) < 4.78 is 11.1. The van der Waals surface area contributed by atoms with Crippen LogP contribution in [0.1, 0.15) is 27.3 Å². The average Bonchev–Trinajstić information content (AvgIpc) is 3.44. The van der Waals surface area contributed by atoms with Gasteiger partial charge in [0.05, 0.1) is 19.0 Å². The van der Waals surface area contributed by atoms with Gasteiger partial charge in [-0.05, 0) is 59.2 Å². The zero-order valence-electron chi connectivity index (χ0n) is 17.8. The highest BCUT2D eigenvalue weighted by Gasteiger charge is 2.24. The van der Waals surface area contributed by atoms with Crippen molar-refractivity contribution in [1.82, 2.24) is 30.7 Å². The number of nitrogens with two attached hydrogens (primary N) is 1. The number of hydrazone groups is 1. The lowest BCUT2D eigenvalue weighted by Crippen LogP contribution is -2.20. The first-order valence-electron chi connectivity index (χ1n) is 9.75. The molecule has 2 heterocycles. The second-order valence-electron chi connectivity index (χ2n) is 6.84. The maximum atomic E-state index is 12.8. The molecule has 0 aliphatic heterocycles. The van der Waals surface area contributed by atoms with E-state index in [4.69, 9.17) is 10.5 Å². The molecule has 168 valence electrons. The number of hydrogen-bond donors (Lipinski definition) is 2. The molecule has 3 N–H and O–H groups in total. The molecule has 4 rings (SSSR count). The third kappa shape index (κ3) is 5.18. The van der Waals surface area contributed by atoms with E-state index in [1.807, 2.05) is 43.3 Å². The van der Waals surface area contributed by atoms with Crippen molar-refractivity contribution in [2.75, 3.05) is 12.8 Å². The van der Waals surface area contributed by atoms with Gasteiger partial charge in [0.2, 0.25) is 11.6 Å². The highest BCUT2D eigenvalue weighted by atomic mass is 32.2. The first-order chi connectivity index (χ1) is 16.0. The predicted molar refractivity (Wildman–Crippen MR) is 122 cm³/mol. The number of nitrogens with zero attached hydrogens (tertiary/aromatic N) is 6. The Labute approximate surface area is 193 Å². The summed E-state index contributed by atoms with van der Waals surface area (Å²) in [5.41, 5.74) is 10.8. The van der Waals surface area contributed by atoms with Crippen LogP contribution in [0.5, 0.6) is 5.75 Å². The van der Waals surface area contributed by atoms with Gasteiger partial charge in [0.15, 0.2) is 5.69 Å². The number of thioether (sulfide) groups is 1. The van der Waals surface area contributed by atoms with Crippen LogP contribution in [0.4, 0.5) is 5.82 Å². The van der Waals surface area contributed by atoms with Crippen molar-refractivity contribution < 1.29 is 14.2 Å². The van der Waals surface area contributed by atoms with Crippen LogP contribution in [0.2, 0.25) is 0 Å². The van der Waals surface area contributed by atoms with E-state index in [9.17, 15) is 4.79 Å². The number of ether oxygens (including phenoxy) is 1. The van der Waals surface area contributed by atoms with Gasteiger partial charge in [0.25, 0.3) is 5.91 Å². The van der Waals surface area contributed by atoms with Crippen LogP contribution in [0, 0.1) is 6.92 Å². The molecule has 0 radical (unpaired) electrons. The van der Waals surface area contributed by atoms with Gasteiger partial charge >= 0.3 is 0 Å². The van der Waals surface area contributed by atoms with Crippen LogP contribution in [-0.4, -0.2) is 44.5 Å².